The third-order valence-corrected chi connectivity index (χ3v) is 2.65. The Kier molecular flexibility index (Phi) is 4.23. The second kappa shape index (κ2) is 5.27. The number of rotatable bonds is 4. The maximum atomic E-state index is 12.0. The average Bonchev–Trinajstić information content (AvgIpc) is 2.28. The summed E-state index contributed by atoms with van der Waals surface area (Å²) < 4.78 is 0. The number of nitrogens with one attached hydrogen (secondary N) is 1. The zero-order chi connectivity index (χ0) is 13.1. The fourth-order valence-corrected chi connectivity index (χ4v) is 1.87. The second-order valence-electron chi connectivity index (χ2n) is 4.95. The van der Waals surface area contributed by atoms with Gasteiger partial charge in [-0.25, -0.2) is 0 Å². The maximum Gasteiger partial charge on any atom is 0.241 e. The van der Waals surface area contributed by atoms with Crippen LogP contribution < -0.4 is 5.32 Å². The summed E-state index contributed by atoms with van der Waals surface area (Å²) in [6.07, 6.45) is 1.76. The molecule has 1 aromatic rings. The van der Waals surface area contributed by atoms with Crippen molar-refractivity contribution in [2.45, 2.75) is 32.4 Å². The third kappa shape index (κ3) is 3.53. The Labute approximate surface area is 103 Å². The molecule has 0 spiro atoms. The van der Waals surface area contributed by atoms with Crippen molar-refractivity contribution in [3.63, 3.8) is 0 Å². The molecule has 0 aliphatic rings. The first-order valence-corrected chi connectivity index (χ1v) is 5.75. The molecule has 1 heterocycles. The Morgan fingerprint density at radius 2 is 2.06 bits per heavy atom. The number of aromatic nitrogens is 1. The molecule has 94 valence electrons. The van der Waals surface area contributed by atoms with Gasteiger partial charge in [0.2, 0.25) is 5.91 Å². The molecule has 0 saturated heterocycles. The van der Waals surface area contributed by atoms with Crippen LogP contribution in [0, 0.1) is 0 Å². The molecule has 0 aromatic carbocycles. The second-order valence-corrected chi connectivity index (χ2v) is 4.95. The van der Waals surface area contributed by atoms with Crippen molar-refractivity contribution in [3.8, 4) is 0 Å². The summed E-state index contributed by atoms with van der Waals surface area (Å²) in [5, 5.41) is 3.30. The average molecular weight is 235 g/mol. The Balaban J connectivity index is 2.74. The van der Waals surface area contributed by atoms with Gasteiger partial charge in [0.15, 0.2) is 0 Å². The Bertz CT molecular complexity index is 374. The van der Waals surface area contributed by atoms with Crippen molar-refractivity contribution in [3.05, 3.63) is 30.1 Å². The van der Waals surface area contributed by atoms with E-state index < -0.39 is 5.54 Å². The SMILES string of the molecule is C[C@@H](NC(C)(C)C(=O)N(C)C)c1ccccn1. The zero-order valence-electron chi connectivity index (χ0n) is 11.2. The molecule has 1 atom stereocenters. The highest BCUT2D eigenvalue weighted by Gasteiger charge is 2.30. The number of amides is 1. The van der Waals surface area contributed by atoms with E-state index in [1.54, 1.807) is 25.2 Å². The molecule has 4 nitrogen and oxygen atoms in total. The summed E-state index contributed by atoms with van der Waals surface area (Å²) in [5.41, 5.74) is 0.340. The van der Waals surface area contributed by atoms with Crippen molar-refractivity contribution in [1.29, 1.82) is 0 Å². The van der Waals surface area contributed by atoms with Crippen LogP contribution in [0.15, 0.2) is 24.4 Å². The predicted octanol–water partition coefficient (Wildman–Crippen LogP) is 1.60. The van der Waals surface area contributed by atoms with E-state index in [0.29, 0.717) is 0 Å². The van der Waals surface area contributed by atoms with Gasteiger partial charge in [-0.15, -0.1) is 0 Å². The van der Waals surface area contributed by atoms with E-state index in [-0.39, 0.29) is 11.9 Å². The maximum absolute atomic E-state index is 12.0. The fourth-order valence-electron chi connectivity index (χ4n) is 1.87. The number of carbonyl (C=O) groups is 1. The van der Waals surface area contributed by atoms with Gasteiger partial charge in [-0.3, -0.25) is 15.1 Å². The molecular formula is C13H21N3O. The van der Waals surface area contributed by atoms with E-state index in [2.05, 4.69) is 10.3 Å². The summed E-state index contributed by atoms with van der Waals surface area (Å²) in [5.74, 6) is 0.0558. The van der Waals surface area contributed by atoms with E-state index in [0.717, 1.165) is 5.69 Å². The highest BCUT2D eigenvalue weighted by Crippen LogP contribution is 2.15. The normalized spacial score (nSPS) is 13.2. The molecule has 0 unspecified atom stereocenters. The Hall–Kier alpha value is -1.42. The highest BCUT2D eigenvalue weighted by molar-refractivity contribution is 5.85. The van der Waals surface area contributed by atoms with Gasteiger partial charge in [-0.2, -0.15) is 0 Å². The van der Waals surface area contributed by atoms with E-state index >= 15 is 0 Å². The number of carbonyl (C=O) groups excluding carboxylic acids is 1. The van der Waals surface area contributed by atoms with Crippen molar-refractivity contribution in [2.24, 2.45) is 0 Å². The summed E-state index contributed by atoms with van der Waals surface area (Å²) in [6.45, 7) is 5.77. The monoisotopic (exact) mass is 235 g/mol. The first-order valence-electron chi connectivity index (χ1n) is 5.75. The van der Waals surface area contributed by atoms with Crippen molar-refractivity contribution in [1.82, 2.24) is 15.2 Å². The quantitative estimate of drug-likeness (QED) is 0.862. The highest BCUT2D eigenvalue weighted by atomic mass is 16.2. The van der Waals surface area contributed by atoms with E-state index in [4.69, 9.17) is 0 Å². The molecule has 1 amide bonds. The van der Waals surface area contributed by atoms with Crippen LogP contribution in [0.3, 0.4) is 0 Å². The largest absolute Gasteiger partial charge is 0.347 e. The molecule has 0 radical (unpaired) electrons. The molecule has 1 rings (SSSR count). The Morgan fingerprint density at radius 3 is 2.53 bits per heavy atom. The summed E-state index contributed by atoms with van der Waals surface area (Å²) >= 11 is 0. The number of hydrogen-bond donors (Lipinski definition) is 1. The molecule has 0 aliphatic heterocycles. The van der Waals surface area contributed by atoms with Crippen LogP contribution in [-0.4, -0.2) is 35.4 Å². The predicted molar refractivity (Wildman–Crippen MR) is 68.6 cm³/mol. The van der Waals surface area contributed by atoms with Crippen molar-refractivity contribution >= 4 is 5.91 Å². The van der Waals surface area contributed by atoms with Crippen LogP contribution in [0.1, 0.15) is 32.5 Å². The van der Waals surface area contributed by atoms with Gasteiger partial charge in [0.25, 0.3) is 0 Å². The minimum absolute atomic E-state index is 0.0371. The molecule has 0 fully saturated rings. The lowest BCUT2D eigenvalue weighted by Crippen LogP contribution is -2.52. The van der Waals surface area contributed by atoms with Gasteiger partial charge in [0.1, 0.15) is 0 Å². The third-order valence-electron chi connectivity index (χ3n) is 2.65. The zero-order valence-corrected chi connectivity index (χ0v) is 11.2. The molecular weight excluding hydrogens is 214 g/mol. The molecule has 0 saturated carbocycles. The number of likely N-dealkylation sites (N-methyl/N-ethyl adjacent to an activating group) is 1. The van der Waals surface area contributed by atoms with Crippen LogP contribution in [0.2, 0.25) is 0 Å². The van der Waals surface area contributed by atoms with Crippen LogP contribution in [0.25, 0.3) is 0 Å². The molecule has 17 heavy (non-hydrogen) atoms. The first-order chi connectivity index (χ1) is 7.84. The van der Waals surface area contributed by atoms with Crippen LogP contribution in [0.5, 0.6) is 0 Å². The summed E-state index contributed by atoms with van der Waals surface area (Å²) in [6, 6.07) is 5.82. The number of hydrogen-bond acceptors (Lipinski definition) is 3. The minimum atomic E-state index is -0.597. The standard InChI is InChI=1S/C13H21N3O/c1-10(11-8-6-7-9-14-11)15-13(2,3)12(17)16(4)5/h6-10,15H,1-5H3/t10-/m1/s1. The molecule has 0 aliphatic carbocycles. The van der Waals surface area contributed by atoms with Gasteiger partial charge < -0.3 is 4.90 Å². The molecule has 0 bridgehead atoms. The molecule has 1 aromatic heterocycles. The van der Waals surface area contributed by atoms with Crippen LogP contribution >= 0.6 is 0 Å². The van der Waals surface area contributed by atoms with Gasteiger partial charge in [0.05, 0.1) is 11.2 Å². The lowest BCUT2D eigenvalue weighted by molar-refractivity contribution is -0.134. The lowest BCUT2D eigenvalue weighted by Gasteiger charge is -2.31. The summed E-state index contributed by atoms with van der Waals surface area (Å²) in [4.78, 5) is 17.8. The molecule has 1 N–H and O–H groups in total. The minimum Gasteiger partial charge on any atom is -0.347 e. The molecule has 4 heteroatoms. The van der Waals surface area contributed by atoms with Gasteiger partial charge in [0, 0.05) is 26.3 Å². The number of pyridine rings is 1. The first kappa shape index (κ1) is 13.6. The lowest BCUT2D eigenvalue weighted by atomic mass is 10.0. The van der Waals surface area contributed by atoms with Gasteiger partial charge in [-0.1, -0.05) is 6.07 Å². The van der Waals surface area contributed by atoms with Crippen molar-refractivity contribution < 1.29 is 4.79 Å². The van der Waals surface area contributed by atoms with Crippen molar-refractivity contribution in [2.75, 3.05) is 14.1 Å². The van der Waals surface area contributed by atoms with E-state index in [1.807, 2.05) is 39.0 Å². The number of nitrogens with zero attached hydrogens (tertiary/aromatic N) is 2. The Morgan fingerprint density at radius 1 is 1.41 bits per heavy atom. The topological polar surface area (TPSA) is 45.2 Å². The smallest absolute Gasteiger partial charge is 0.241 e. The summed E-state index contributed by atoms with van der Waals surface area (Å²) in [7, 11) is 3.52. The van der Waals surface area contributed by atoms with E-state index in [9.17, 15) is 4.79 Å². The van der Waals surface area contributed by atoms with Crippen LogP contribution in [0.4, 0.5) is 0 Å². The van der Waals surface area contributed by atoms with Crippen LogP contribution in [-0.2, 0) is 4.79 Å². The van der Waals surface area contributed by atoms with Gasteiger partial charge in [-0.05, 0) is 32.9 Å². The fraction of sp³-hybridized carbons (Fsp3) is 0.538. The van der Waals surface area contributed by atoms with Gasteiger partial charge >= 0.3 is 0 Å². The van der Waals surface area contributed by atoms with E-state index in [1.165, 1.54) is 0 Å².